The summed E-state index contributed by atoms with van der Waals surface area (Å²) in [5.74, 6) is 0.674. The lowest BCUT2D eigenvalue weighted by Crippen LogP contribution is -2.15. The maximum absolute atomic E-state index is 10.6. The Morgan fingerprint density at radius 3 is 2.75 bits per heavy atom. The third-order valence-corrected chi connectivity index (χ3v) is 3.73. The number of non-ortho nitro benzene ring substituents is 1. The van der Waals surface area contributed by atoms with Crippen LogP contribution in [0.2, 0.25) is 0 Å². The standard InChI is InChI=1S/C11H15NO3S/c1-8(13)9(2)16-7-10-4-3-5-11(6-10)12(14)15/h3-6,8-9,13H,7H2,1-2H3/t8-,9-/m1/s1. The summed E-state index contributed by atoms with van der Waals surface area (Å²) >= 11 is 1.59. The fourth-order valence-electron chi connectivity index (χ4n) is 1.13. The minimum Gasteiger partial charge on any atom is -0.392 e. The largest absolute Gasteiger partial charge is 0.392 e. The summed E-state index contributed by atoms with van der Waals surface area (Å²) in [7, 11) is 0. The molecule has 0 bridgehead atoms. The molecule has 0 spiro atoms. The molecule has 1 rings (SSSR count). The molecule has 0 saturated carbocycles. The highest BCUT2D eigenvalue weighted by molar-refractivity contribution is 7.99. The van der Waals surface area contributed by atoms with Gasteiger partial charge in [0.1, 0.15) is 0 Å². The van der Waals surface area contributed by atoms with Crippen molar-refractivity contribution in [2.45, 2.75) is 31.0 Å². The van der Waals surface area contributed by atoms with Crippen molar-refractivity contribution in [2.75, 3.05) is 0 Å². The lowest BCUT2D eigenvalue weighted by Gasteiger charge is -2.13. The first kappa shape index (κ1) is 13.0. The lowest BCUT2D eigenvalue weighted by atomic mass is 10.2. The summed E-state index contributed by atoms with van der Waals surface area (Å²) in [5, 5.41) is 20.0. The van der Waals surface area contributed by atoms with Crippen molar-refractivity contribution in [3.05, 3.63) is 39.9 Å². The first-order valence-electron chi connectivity index (χ1n) is 5.03. The van der Waals surface area contributed by atoms with E-state index in [2.05, 4.69) is 0 Å². The molecule has 0 radical (unpaired) electrons. The van der Waals surface area contributed by atoms with Gasteiger partial charge in [-0.15, -0.1) is 0 Å². The van der Waals surface area contributed by atoms with E-state index in [0.29, 0.717) is 5.75 Å². The highest BCUT2D eigenvalue weighted by Crippen LogP contribution is 2.22. The summed E-state index contributed by atoms with van der Waals surface area (Å²) in [5.41, 5.74) is 1.02. The third kappa shape index (κ3) is 3.83. The predicted octanol–water partition coefficient (Wildman–Crippen LogP) is 2.60. The number of hydrogen-bond donors (Lipinski definition) is 1. The van der Waals surface area contributed by atoms with Crippen molar-refractivity contribution >= 4 is 17.4 Å². The highest BCUT2D eigenvalue weighted by atomic mass is 32.2. The average Bonchev–Trinajstić information content (AvgIpc) is 2.26. The summed E-state index contributed by atoms with van der Waals surface area (Å²) in [6, 6.07) is 6.59. The molecule has 2 atom stereocenters. The Labute approximate surface area is 98.8 Å². The minimum absolute atomic E-state index is 0.114. The van der Waals surface area contributed by atoms with Gasteiger partial charge in [-0.05, 0) is 12.5 Å². The van der Waals surface area contributed by atoms with Gasteiger partial charge in [0.05, 0.1) is 11.0 Å². The molecular formula is C11H15NO3S. The van der Waals surface area contributed by atoms with Crippen molar-refractivity contribution < 1.29 is 10.0 Å². The monoisotopic (exact) mass is 241 g/mol. The van der Waals surface area contributed by atoms with Crippen molar-refractivity contribution in [3.63, 3.8) is 0 Å². The number of rotatable bonds is 5. The van der Waals surface area contributed by atoms with E-state index in [1.54, 1.807) is 30.8 Å². The van der Waals surface area contributed by atoms with Gasteiger partial charge in [-0.25, -0.2) is 0 Å². The quantitative estimate of drug-likeness (QED) is 0.635. The van der Waals surface area contributed by atoms with Gasteiger partial charge in [0.25, 0.3) is 5.69 Å². The Kier molecular flexibility index (Phi) is 4.76. The van der Waals surface area contributed by atoms with E-state index in [1.165, 1.54) is 6.07 Å². The second-order valence-corrected chi connectivity index (χ2v) is 5.05. The normalized spacial score (nSPS) is 14.4. The van der Waals surface area contributed by atoms with Gasteiger partial charge in [-0.3, -0.25) is 10.1 Å². The van der Waals surface area contributed by atoms with Gasteiger partial charge in [0.2, 0.25) is 0 Å². The van der Waals surface area contributed by atoms with Gasteiger partial charge in [-0.2, -0.15) is 11.8 Å². The smallest absolute Gasteiger partial charge is 0.269 e. The van der Waals surface area contributed by atoms with Crippen LogP contribution >= 0.6 is 11.8 Å². The number of nitro groups is 1. The van der Waals surface area contributed by atoms with Crippen LogP contribution < -0.4 is 0 Å². The van der Waals surface area contributed by atoms with Gasteiger partial charge >= 0.3 is 0 Å². The van der Waals surface area contributed by atoms with Gasteiger partial charge in [-0.1, -0.05) is 19.1 Å². The zero-order valence-electron chi connectivity index (χ0n) is 9.29. The average molecular weight is 241 g/mol. The maximum atomic E-state index is 10.6. The van der Waals surface area contributed by atoms with Crippen molar-refractivity contribution in [1.82, 2.24) is 0 Å². The van der Waals surface area contributed by atoms with Crippen LogP contribution in [0.15, 0.2) is 24.3 Å². The van der Waals surface area contributed by atoms with E-state index >= 15 is 0 Å². The zero-order chi connectivity index (χ0) is 12.1. The Morgan fingerprint density at radius 2 is 2.19 bits per heavy atom. The van der Waals surface area contributed by atoms with Crippen LogP contribution in [0.3, 0.4) is 0 Å². The number of aliphatic hydroxyl groups is 1. The number of aliphatic hydroxyl groups excluding tert-OH is 1. The molecule has 5 heteroatoms. The van der Waals surface area contributed by atoms with E-state index in [0.717, 1.165) is 5.56 Å². The molecule has 0 unspecified atom stereocenters. The molecule has 0 fully saturated rings. The minimum atomic E-state index is -0.397. The summed E-state index contributed by atoms with van der Waals surface area (Å²) < 4.78 is 0. The fraction of sp³-hybridized carbons (Fsp3) is 0.455. The number of nitrogens with zero attached hydrogens (tertiary/aromatic N) is 1. The number of benzene rings is 1. The molecule has 1 aromatic rings. The van der Waals surface area contributed by atoms with Crippen LogP contribution in [0.1, 0.15) is 19.4 Å². The van der Waals surface area contributed by atoms with E-state index < -0.39 is 4.92 Å². The molecule has 0 aliphatic carbocycles. The Balaban J connectivity index is 2.61. The topological polar surface area (TPSA) is 63.4 Å². The molecule has 4 nitrogen and oxygen atoms in total. The van der Waals surface area contributed by atoms with E-state index in [1.807, 2.05) is 13.0 Å². The van der Waals surface area contributed by atoms with Crippen LogP contribution in [0.4, 0.5) is 5.69 Å². The van der Waals surface area contributed by atoms with Crippen molar-refractivity contribution in [2.24, 2.45) is 0 Å². The third-order valence-electron chi connectivity index (χ3n) is 2.31. The molecule has 1 aromatic carbocycles. The molecule has 0 aliphatic heterocycles. The van der Waals surface area contributed by atoms with Gasteiger partial charge in [0.15, 0.2) is 0 Å². The molecular weight excluding hydrogens is 226 g/mol. The van der Waals surface area contributed by atoms with Crippen LogP contribution in [-0.4, -0.2) is 21.4 Å². The highest BCUT2D eigenvalue weighted by Gasteiger charge is 2.10. The second-order valence-electron chi connectivity index (χ2n) is 3.68. The number of hydrogen-bond acceptors (Lipinski definition) is 4. The fourth-order valence-corrected chi connectivity index (χ4v) is 2.04. The second kappa shape index (κ2) is 5.86. The molecule has 0 aromatic heterocycles. The van der Waals surface area contributed by atoms with Crippen LogP contribution in [-0.2, 0) is 5.75 Å². The first-order valence-corrected chi connectivity index (χ1v) is 6.08. The summed E-state index contributed by atoms with van der Waals surface area (Å²) in [6.45, 7) is 3.68. The molecule has 88 valence electrons. The SMILES string of the molecule is C[C@@H](O)[C@@H](C)SCc1cccc([N+](=O)[O-])c1. The predicted molar refractivity (Wildman–Crippen MR) is 65.5 cm³/mol. The number of nitro benzene ring substituents is 1. The van der Waals surface area contributed by atoms with E-state index in [-0.39, 0.29) is 17.0 Å². The molecule has 1 N–H and O–H groups in total. The Morgan fingerprint density at radius 1 is 1.50 bits per heavy atom. The molecule has 0 saturated heterocycles. The molecule has 0 aliphatic rings. The zero-order valence-corrected chi connectivity index (χ0v) is 10.1. The Hall–Kier alpha value is -1.07. The van der Waals surface area contributed by atoms with Crippen LogP contribution in [0, 0.1) is 10.1 Å². The van der Waals surface area contributed by atoms with Gasteiger partial charge < -0.3 is 5.11 Å². The van der Waals surface area contributed by atoms with Gasteiger partial charge in [0, 0.05) is 23.1 Å². The molecule has 0 amide bonds. The van der Waals surface area contributed by atoms with E-state index in [4.69, 9.17) is 0 Å². The summed E-state index contributed by atoms with van der Waals surface area (Å²) in [6.07, 6.45) is -0.372. The maximum Gasteiger partial charge on any atom is 0.269 e. The molecule has 16 heavy (non-hydrogen) atoms. The van der Waals surface area contributed by atoms with Crippen LogP contribution in [0.25, 0.3) is 0 Å². The first-order chi connectivity index (χ1) is 7.50. The summed E-state index contributed by atoms with van der Waals surface area (Å²) in [4.78, 5) is 10.2. The van der Waals surface area contributed by atoms with Crippen molar-refractivity contribution in [1.29, 1.82) is 0 Å². The molecule has 0 heterocycles. The van der Waals surface area contributed by atoms with Crippen LogP contribution in [0.5, 0.6) is 0 Å². The lowest BCUT2D eigenvalue weighted by molar-refractivity contribution is -0.384. The van der Waals surface area contributed by atoms with Crippen molar-refractivity contribution in [3.8, 4) is 0 Å². The number of thioether (sulfide) groups is 1. The van der Waals surface area contributed by atoms with E-state index in [9.17, 15) is 15.2 Å². The Bertz CT molecular complexity index is 368.